The first-order valence-electron chi connectivity index (χ1n) is 7.61. The topological polar surface area (TPSA) is 127 Å². The molecule has 9 heteroatoms. The quantitative estimate of drug-likeness (QED) is 0.552. The van der Waals surface area contributed by atoms with Crippen molar-refractivity contribution in [2.75, 3.05) is 5.32 Å². The molecule has 2 N–H and O–H groups in total. The molecule has 2 aromatic heterocycles. The number of nitro groups is 1. The SMILES string of the molecule is CC(C)(C)Cc1nc2cc(NC(=O)c3[nH]ncc3[N+](=O)[O-])ccc2o1. The van der Waals surface area contributed by atoms with Crippen molar-refractivity contribution in [1.29, 1.82) is 0 Å². The first-order valence-corrected chi connectivity index (χ1v) is 7.61. The molecule has 0 unspecified atom stereocenters. The highest BCUT2D eigenvalue weighted by Gasteiger charge is 2.23. The van der Waals surface area contributed by atoms with E-state index in [1.807, 2.05) is 0 Å². The second-order valence-electron chi connectivity index (χ2n) is 6.87. The summed E-state index contributed by atoms with van der Waals surface area (Å²) in [5.74, 6) is -0.0304. The van der Waals surface area contributed by atoms with E-state index in [0.29, 0.717) is 29.1 Å². The van der Waals surface area contributed by atoms with Gasteiger partial charge in [-0.1, -0.05) is 20.8 Å². The molecule has 0 saturated carbocycles. The number of oxazole rings is 1. The van der Waals surface area contributed by atoms with Crippen molar-refractivity contribution in [3.63, 3.8) is 0 Å². The largest absolute Gasteiger partial charge is 0.441 e. The van der Waals surface area contributed by atoms with Gasteiger partial charge in [-0.05, 0) is 23.6 Å². The Hall–Kier alpha value is -3.23. The number of carbonyl (C=O) groups excluding carboxylic acids is 1. The van der Waals surface area contributed by atoms with Crippen LogP contribution < -0.4 is 5.32 Å². The fourth-order valence-electron chi connectivity index (χ4n) is 2.36. The first kappa shape index (κ1) is 16.6. The molecule has 1 aromatic carbocycles. The molecular weight excluding hydrogens is 326 g/mol. The van der Waals surface area contributed by atoms with E-state index in [-0.39, 0.29) is 16.8 Å². The van der Waals surface area contributed by atoms with Crippen molar-refractivity contribution in [1.82, 2.24) is 15.2 Å². The van der Waals surface area contributed by atoms with Gasteiger partial charge in [-0.2, -0.15) is 5.10 Å². The third-order valence-corrected chi connectivity index (χ3v) is 3.41. The molecule has 0 bridgehead atoms. The van der Waals surface area contributed by atoms with Crippen LogP contribution >= 0.6 is 0 Å². The van der Waals surface area contributed by atoms with Crippen LogP contribution in [-0.4, -0.2) is 26.0 Å². The maximum Gasteiger partial charge on any atom is 0.319 e. The molecule has 0 radical (unpaired) electrons. The summed E-state index contributed by atoms with van der Waals surface area (Å²) in [7, 11) is 0. The van der Waals surface area contributed by atoms with Gasteiger partial charge in [0.2, 0.25) is 5.69 Å². The van der Waals surface area contributed by atoms with Crippen LogP contribution in [0.4, 0.5) is 11.4 Å². The Morgan fingerprint density at radius 2 is 2.16 bits per heavy atom. The molecule has 0 fully saturated rings. The van der Waals surface area contributed by atoms with E-state index in [1.165, 1.54) is 0 Å². The summed E-state index contributed by atoms with van der Waals surface area (Å²) in [6.45, 7) is 6.26. The van der Waals surface area contributed by atoms with Crippen LogP contribution in [-0.2, 0) is 6.42 Å². The lowest BCUT2D eigenvalue weighted by Gasteiger charge is -2.14. The minimum atomic E-state index is -0.669. The van der Waals surface area contributed by atoms with E-state index in [2.05, 4.69) is 41.3 Å². The second kappa shape index (κ2) is 6.00. The number of carbonyl (C=O) groups is 1. The van der Waals surface area contributed by atoms with Crippen molar-refractivity contribution in [2.24, 2.45) is 5.41 Å². The molecule has 3 aromatic rings. The van der Waals surface area contributed by atoms with Crippen LogP contribution in [0.5, 0.6) is 0 Å². The number of amides is 1. The van der Waals surface area contributed by atoms with E-state index >= 15 is 0 Å². The summed E-state index contributed by atoms with van der Waals surface area (Å²) in [6.07, 6.45) is 1.68. The van der Waals surface area contributed by atoms with E-state index in [0.717, 1.165) is 6.20 Å². The molecule has 3 rings (SSSR count). The number of nitrogens with zero attached hydrogens (tertiary/aromatic N) is 3. The number of nitrogens with one attached hydrogen (secondary N) is 2. The number of anilines is 1. The van der Waals surface area contributed by atoms with E-state index < -0.39 is 10.8 Å². The Labute approximate surface area is 142 Å². The van der Waals surface area contributed by atoms with Crippen LogP contribution in [0.25, 0.3) is 11.1 Å². The Bertz CT molecular complexity index is 951. The predicted molar refractivity (Wildman–Crippen MR) is 90.4 cm³/mol. The Morgan fingerprint density at radius 3 is 2.84 bits per heavy atom. The van der Waals surface area contributed by atoms with Gasteiger partial charge in [0, 0.05) is 12.1 Å². The molecule has 0 aliphatic carbocycles. The Balaban J connectivity index is 1.83. The van der Waals surface area contributed by atoms with Crippen LogP contribution in [0.15, 0.2) is 28.8 Å². The summed E-state index contributed by atoms with van der Waals surface area (Å²) in [6, 6.07) is 5.01. The lowest BCUT2D eigenvalue weighted by Crippen LogP contribution is -2.14. The average molecular weight is 343 g/mol. The van der Waals surface area contributed by atoms with Crippen LogP contribution in [0.2, 0.25) is 0 Å². The number of fused-ring (bicyclic) bond motifs is 1. The molecule has 2 heterocycles. The van der Waals surface area contributed by atoms with Crippen molar-refractivity contribution >= 4 is 28.4 Å². The molecule has 1 amide bonds. The van der Waals surface area contributed by atoms with Crippen molar-refractivity contribution < 1.29 is 14.1 Å². The highest BCUT2D eigenvalue weighted by molar-refractivity contribution is 6.06. The normalized spacial score (nSPS) is 11.6. The molecular formula is C16H17N5O4. The average Bonchev–Trinajstić information content (AvgIpc) is 3.10. The predicted octanol–water partition coefficient (Wildman–Crippen LogP) is 3.30. The van der Waals surface area contributed by atoms with Crippen molar-refractivity contribution in [2.45, 2.75) is 27.2 Å². The third-order valence-electron chi connectivity index (χ3n) is 3.41. The summed E-state index contributed by atoms with van der Waals surface area (Å²) in [5.41, 5.74) is 1.13. The minimum absolute atomic E-state index is 0.0392. The van der Waals surface area contributed by atoms with Gasteiger partial charge in [0.1, 0.15) is 11.7 Å². The van der Waals surface area contributed by atoms with Gasteiger partial charge in [-0.15, -0.1) is 0 Å². The molecule has 0 saturated heterocycles. The van der Waals surface area contributed by atoms with Gasteiger partial charge in [-0.25, -0.2) is 4.98 Å². The van der Waals surface area contributed by atoms with Crippen LogP contribution in [0.3, 0.4) is 0 Å². The zero-order valence-corrected chi connectivity index (χ0v) is 14.0. The highest BCUT2D eigenvalue weighted by atomic mass is 16.6. The van der Waals surface area contributed by atoms with Gasteiger partial charge in [-0.3, -0.25) is 20.0 Å². The van der Waals surface area contributed by atoms with Gasteiger partial charge in [0.05, 0.1) is 4.92 Å². The zero-order chi connectivity index (χ0) is 18.2. The Kier molecular flexibility index (Phi) is 3.99. The standard InChI is InChI=1S/C16H17N5O4/c1-16(2,3)7-13-19-10-6-9(4-5-12(10)25-13)18-15(22)14-11(21(23)24)8-17-20-14/h4-6,8H,7H2,1-3H3,(H,17,20)(H,18,22). The van der Waals surface area contributed by atoms with Gasteiger partial charge in [0.25, 0.3) is 5.91 Å². The first-order chi connectivity index (χ1) is 11.7. The lowest BCUT2D eigenvalue weighted by atomic mass is 9.92. The van der Waals surface area contributed by atoms with E-state index in [1.54, 1.807) is 18.2 Å². The minimum Gasteiger partial charge on any atom is -0.441 e. The smallest absolute Gasteiger partial charge is 0.319 e. The van der Waals surface area contributed by atoms with Gasteiger partial charge in [0.15, 0.2) is 11.5 Å². The summed E-state index contributed by atoms with van der Waals surface area (Å²) >= 11 is 0. The number of H-pyrrole nitrogens is 1. The highest BCUT2D eigenvalue weighted by Crippen LogP contribution is 2.25. The maximum absolute atomic E-state index is 12.2. The van der Waals surface area contributed by atoms with E-state index in [4.69, 9.17) is 4.42 Å². The number of hydrogen-bond acceptors (Lipinski definition) is 6. The fraction of sp³-hybridized carbons (Fsp3) is 0.312. The Morgan fingerprint density at radius 1 is 1.40 bits per heavy atom. The molecule has 25 heavy (non-hydrogen) atoms. The number of hydrogen-bond donors (Lipinski definition) is 2. The van der Waals surface area contributed by atoms with Crippen LogP contribution in [0, 0.1) is 15.5 Å². The molecule has 9 nitrogen and oxygen atoms in total. The number of aromatic nitrogens is 3. The fourth-order valence-corrected chi connectivity index (χ4v) is 2.36. The summed E-state index contributed by atoms with van der Waals surface area (Å²) in [5, 5.41) is 19.3. The van der Waals surface area contributed by atoms with Crippen molar-refractivity contribution in [3.8, 4) is 0 Å². The van der Waals surface area contributed by atoms with Gasteiger partial charge < -0.3 is 9.73 Å². The summed E-state index contributed by atoms with van der Waals surface area (Å²) < 4.78 is 5.70. The number of aromatic amines is 1. The van der Waals surface area contributed by atoms with Crippen LogP contribution in [0.1, 0.15) is 37.2 Å². The van der Waals surface area contributed by atoms with Crippen molar-refractivity contribution in [3.05, 3.63) is 46.1 Å². The zero-order valence-electron chi connectivity index (χ0n) is 14.0. The molecule has 0 aliphatic heterocycles. The third kappa shape index (κ3) is 3.65. The lowest BCUT2D eigenvalue weighted by molar-refractivity contribution is -0.385. The molecule has 0 spiro atoms. The number of benzene rings is 1. The summed E-state index contributed by atoms with van der Waals surface area (Å²) in [4.78, 5) is 26.8. The molecule has 0 aliphatic rings. The van der Waals surface area contributed by atoms with E-state index in [9.17, 15) is 14.9 Å². The van der Waals surface area contributed by atoms with Gasteiger partial charge >= 0.3 is 5.69 Å². The molecule has 130 valence electrons. The number of rotatable bonds is 4. The monoisotopic (exact) mass is 343 g/mol. The maximum atomic E-state index is 12.2. The molecule has 0 atom stereocenters. The second-order valence-corrected chi connectivity index (χ2v) is 6.87.